The number of aliphatic hydroxyl groups is 2. The molecule has 0 spiro atoms. The molecule has 4 aliphatic rings. The summed E-state index contributed by atoms with van der Waals surface area (Å²) in [6.45, 7) is 17.6. The van der Waals surface area contributed by atoms with Crippen LogP contribution < -0.4 is 15.4 Å². The number of phenolic OH excluding ortho intramolecular Hbond substituents is 3. The highest BCUT2D eigenvalue weighted by atomic mass is 16.7. The number of Topliss-reactive ketones (excluding diaryl/α,β-unsaturated/α-hetero) is 1. The Morgan fingerprint density at radius 2 is 1.65 bits per heavy atom. The number of esters is 1. The number of aromatic hydroxyl groups is 3. The topological polar surface area (TPSA) is 229 Å². The Bertz CT molecular complexity index is 2120. The second-order valence-corrected chi connectivity index (χ2v) is 16.6. The number of methoxy groups -OCH3 is 1. The Balaban J connectivity index is 1.72. The van der Waals surface area contributed by atoms with Crippen molar-refractivity contribution in [2.24, 2.45) is 28.8 Å². The average molecular weight is 837 g/mol. The van der Waals surface area contributed by atoms with Crippen LogP contribution in [0.25, 0.3) is 10.8 Å². The number of hydrogen-bond acceptors (Lipinski definition) is 15. The molecule has 0 radical (unpaired) electrons. The molecule has 2 aromatic rings. The number of hydrazone groups is 1. The highest BCUT2D eigenvalue weighted by Gasteiger charge is 2.50. The van der Waals surface area contributed by atoms with Gasteiger partial charge in [0.15, 0.2) is 5.75 Å². The zero-order valence-corrected chi connectivity index (χ0v) is 36.1. The first kappa shape index (κ1) is 45.9. The number of nitrogens with zero attached hydrogens (tertiary/aromatic N) is 2. The molecule has 16 nitrogen and oxygen atoms in total. The Kier molecular flexibility index (Phi) is 13.9. The van der Waals surface area contributed by atoms with Crippen LogP contribution in [0, 0.1) is 30.6 Å². The Morgan fingerprint density at radius 3 is 2.30 bits per heavy atom. The summed E-state index contributed by atoms with van der Waals surface area (Å²) in [5.41, 5.74) is -0.380. The number of carbonyl (C=O) groups is 3. The van der Waals surface area contributed by atoms with Gasteiger partial charge in [-0.1, -0.05) is 45.9 Å². The van der Waals surface area contributed by atoms with Crippen molar-refractivity contribution in [1.82, 2.24) is 10.3 Å². The number of rotatable bonds is 4. The molecular formula is C44H60N4O12. The molecule has 4 heterocycles. The minimum atomic E-state index is -2.05. The van der Waals surface area contributed by atoms with Gasteiger partial charge in [-0.05, 0) is 33.8 Å². The lowest BCUT2D eigenvalue weighted by molar-refractivity contribution is -0.160. The maximum absolute atomic E-state index is 14.5. The van der Waals surface area contributed by atoms with E-state index in [0.29, 0.717) is 13.1 Å². The molecule has 0 saturated carbocycles. The number of amides is 1. The van der Waals surface area contributed by atoms with Crippen molar-refractivity contribution in [2.75, 3.05) is 25.5 Å². The highest BCUT2D eigenvalue weighted by molar-refractivity contribution is 6.23. The number of nitrogens with one attached hydrogen (secondary N) is 2. The molecule has 60 heavy (non-hydrogen) atoms. The van der Waals surface area contributed by atoms with Crippen LogP contribution in [0.15, 0.2) is 41.2 Å². The second kappa shape index (κ2) is 18.2. The van der Waals surface area contributed by atoms with Crippen LogP contribution in [0.4, 0.5) is 5.69 Å². The van der Waals surface area contributed by atoms with Gasteiger partial charge in [-0.15, -0.1) is 0 Å². The molecule has 11 unspecified atom stereocenters. The summed E-state index contributed by atoms with van der Waals surface area (Å²) in [4.78, 5) is 40.6. The first-order valence-electron chi connectivity index (χ1n) is 20.3. The average Bonchev–Trinajstić information content (AvgIpc) is 3.47. The van der Waals surface area contributed by atoms with E-state index in [4.69, 9.17) is 18.9 Å². The number of phenols is 3. The lowest BCUT2D eigenvalue weighted by atomic mass is 9.78. The van der Waals surface area contributed by atoms with Gasteiger partial charge in [0.1, 0.15) is 23.4 Å². The first-order valence-corrected chi connectivity index (χ1v) is 20.3. The van der Waals surface area contributed by atoms with Gasteiger partial charge in [-0.3, -0.25) is 19.4 Å². The van der Waals surface area contributed by atoms with Crippen molar-refractivity contribution < 1.29 is 58.9 Å². The van der Waals surface area contributed by atoms with E-state index in [-0.39, 0.29) is 56.6 Å². The lowest BCUT2D eigenvalue weighted by Gasteiger charge is -2.38. The van der Waals surface area contributed by atoms with Gasteiger partial charge in [-0.2, -0.15) is 5.10 Å². The van der Waals surface area contributed by atoms with Crippen LogP contribution in [0.1, 0.15) is 83.8 Å². The fourth-order valence-corrected chi connectivity index (χ4v) is 8.17. The highest BCUT2D eigenvalue weighted by Crippen LogP contribution is 2.55. The predicted molar refractivity (Wildman–Crippen MR) is 225 cm³/mol. The molecule has 328 valence electrons. The molecule has 1 fully saturated rings. The molecule has 6 rings (SSSR count). The first-order chi connectivity index (χ1) is 28.1. The standard InChI is InChI=1S/C44H60N4O12/c1-20-13-12-14-21(2)43(56)47-34-29(18-46-48-19-22(3)45-17-23(48)4)38(53)31-32(39(34)54)37(52)27(8)41-33(31)42(55)44(10,60-41)58-16-15-30(57-11)24(5)40(59-28(9)49)26(7)36(51)25(6)35(20)50/h12-16,18,20,22-26,30,35-36,40,45,50-54H,17,19H2,1-11H3,(H,47,56)/b13-12+,16-15+,21-14+,46-18+. The summed E-state index contributed by atoms with van der Waals surface area (Å²) >= 11 is 0. The van der Waals surface area contributed by atoms with Crippen LogP contribution in [0.3, 0.4) is 0 Å². The molecule has 7 N–H and O–H groups in total. The van der Waals surface area contributed by atoms with Crippen LogP contribution in [0.2, 0.25) is 0 Å². The number of piperazine rings is 1. The molecular weight excluding hydrogens is 776 g/mol. The Labute approximate surface area is 350 Å². The third-order valence-electron chi connectivity index (χ3n) is 12.1. The van der Waals surface area contributed by atoms with E-state index in [2.05, 4.69) is 15.7 Å². The predicted octanol–water partition coefficient (Wildman–Crippen LogP) is 4.77. The number of ketones is 1. The van der Waals surface area contributed by atoms with Crippen molar-refractivity contribution >= 4 is 40.3 Å². The fraction of sp³-hybridized carbons (Fsp3) is 0.545. The number of anilines is 1. The summed E-state index contributed by atoms with van der Waals surface area (Å²) in [6, 6.07) is 0.0288. The monoisotopic (exact) mass is 836 g/mol. The zero-order chi connectivity index (χ0) is 44.5. The fourth-order valence-electron chi connectivity index (χ4n) is 8.17. The number of ether oxygens (including phenoxy) is 4. The van der Waals surface area contributed by atoms with E-state index in [1.807, 2.05) is 13.8 Å². The number of hydrogen-bond donors (Lipinski definition) is 7. The van der Waals surface area contributed by atoms with Gasteiger partial charge < -0.3 is 55.1 Å². The number of benzene rings is 2. The summed E-state index contributed by atoms with van der Waals surface area (Å²) in [6.07, 6.45) is 4.85. The van der Waals surface area contributed by atoms with Crippen LogP contribution in [-0.4, -0.2) is 117 Å². The summed E-state index contributed by atoms with van der Waals surface area (Å²) in [7, 11) is 1.44. The second-order valence-electron chi connectivity index (χ2n) is 16.6. The van der Waals surface area contributed by atoms with E-state index in [9.17, 15) is 39.9 Å². The molecule has 16 heteroatoms. The van der Waals surface area contributed by atoms with Gasteiger partial charge in [0, 0.05) is 73.7 Å². The van der Waals surface area contributed by atoms with Crippen molar-refractivity contribution in [3.05, 3.63) is 52.8 Å². The zero-order valence-electron chi connectivity index (χ0n) is 36.1. The van der Waals surface area contributed by atoms with Crippen molar-refractivity contribution in [3.8, 4) is 23.0 Å². The van der Waals surface area contributed by atoms with Crippen LogP contribution in [-0.2, 0) is 23.8 Å². The third-order valence-corrected chi connectivity index (χ3v) is 12.1. The number of carbonyl (C=O) groups excluding carboxylic acids is 3. The Morgan fingerprint density at radius 1 is 0.967 bits per heavy atom. The number of allylic oxidation sites excluding steroid dienone is 2. The van der Waals surface area contributed by atoms with Gasteiger partial charge in [-0.25, -0.2) is 0 Å². The summed E-state index contributed by atoms with van der Waals surface area (Å²) < 4.78 is 23.6. The molecule has 2 aromatic carbocycles. The van der Waals surface area contributed by atoms with Gasteiger partial charge >= 0.3 is 11.8 Å². The van der Waals surface area contributed by atoms with E-state index in [0.717, 1.165) is 0 Å². The molecule has 1 amide bonds. The van der Waals surface area contributed by atoms with Gasteiger partial charge in [0.05, 0.1) is 65.6 Å². The molecule has 4 aliphatic heterocycles. The van der Waals surface area contributed by atoms with Crippen LogP contribution in [0.5, 0.6) is 23.0 Å². The lowest BCUT2D eigenvalue weighted by Crippen LogP contribution is -2.52. The Hall–Kier alpha value is -5.16. The van der Waals surface area contributed by atoms with Crippen molar-refractivity contribution in [1.29, 1.82) is 0 Å². The SMILES string of the molecule is COC1/C=C/OC2(C)Oc3c(C)c(O)c4c(O)c(c(/C=N/N5CC(C)NCC5C)c(O)c4c3C2=O)NC(=O)/C(C)=C/C=C/C(C)C(O)C(C)C(O)C(C)C(OC(C)=O)C1C. The van der Waals surface area contributed by atoms with E-state index >= 15 is 0 Å². The van der Waals surface area contributed by atoms with Crippen LogP contribution >= 0.6 is 0 Å². The molecule has 1 saturated heterocycles. The smallest absolute Gasteiger partial charge is 0.312 e. The van der Waals surface area contributed by atoms with E-state index in [1.165, 1.54) is 59.4 Å². The molecule has 11 atom stereocenters. The number of fused-ring (bicyclic) bond motifs is 14. The quantitative estimate of drug-likeness (QED) is 0.0953. The third kappa shape index (κ3) is 8.83. The summed E-state index contributed by atoms with van der Waals surface area (Å²) in [5.74, 6) is -8.40. The van der Waals surface area contributed by atoms with Crippen molar-refractivity contribution in [3.63, 3.8) is 0 Å². The minimum absolute atomic E-state index is 0.0524. The van der Waals surface area contributed by atoms with E-state index in [1.54, 1.807) is 44.9 Å². The van der Waals surface area contributed by atoms with E-state index < -0.39 is 88.8 Å². The summed E-state index contributed by atoms with van der Waals surface area (Å²) in [5, 5.41) is 70.5. The number of aliphatic hydroxyl groups excluding tert-OH is 2. The minimum Gasteiger partial charge on any atom is -0.507 e. The molecule has 0 aromatic heterocycles. The largest absolute Gasteiger partial charge is 0.507 e. The molecule has 5 bridgehead atoms. The molecule has 0 aliphatic carbocycles. The normalized spacial score (nSPS) is 33.9. The maximum atomic E-state index is 14.5. The van der Waals surface area contributed by atoms with Gasteiger partial charge in [0.25, 0.3) is 11.7 Å². The van der Waals surface area contributed by atoms with Gasteiger partial charge in [0.2, 0.25) is 0 Å². The maximum Gasteiger partial charge on any atom is 0.312 e. The van der Waals surface area contributed by atoms with Crippen molar-refractivity contribution in [2.45, 2.75) is 112 Å².